The van der Waals surface area contributed by atoms with Gasteiger partial charge in [-0.1, -0.05) is 24.3 Å². The molecule has 0 spiro atoms. The highest BCUT2D eigenvalue weighted by molar-refractivity contribution is 6.06. The lowest BCUT2D eigenvalue weighted by atomic mass is 10.0. The lowest BCUT2D eigenvalue weighted by molar-refractivity contribution is -0.137. The van der Waals surface area contributed by atoms with E-state index in [1.165, 1.54) is 37.1 Å². The van der Waals surface area contributed by atoms with Crippen LogP contribution in [0.2, 0.25) is 0 Å². The van der Waals surface area contributed by atoms with E-state index >= 15 is 0 Å². The Labute approximate surface area is 168 Å². The van der Waals surface area contributed by atoms with Crippen LogP contribution in [0.3, 0.4) is 0 Å². The van der Waals surface area contributed by atoms with Gasteiger partial charge < -0.3 is 9.64 Å². The van der Waals surface area contributed by atoms with Gasteiger partial charge in [-0.25, -0.2) is 0 Å². The lowest BCUT2D eigenvalue weighted by Gasteiger charge is -2.14. The molecular formula is C23H24F3NO2. The van der Waals surface area contributed by atoms with Crippen LogP contribution in [0, 0.1) is 0 Å². The predicted molar refractivity (Wildman–Crippen MR) is 107 cm³/mol. The number of hydrogen-bond donors (Lipinski definition) is 0. The van der Waals surface area contributed by atoms with Gasteiger partial charge in [0, 0.05) is 12.1 Å². The number of halogens is 3. The number of allylic oxidation sites excluding steroid dienone is 1. The van der Waals surface area contributed by atoms with Crippen molar-refractivity contribution in [3.63, 3.8) is 0 Å². The van der Waals surface area contributed by atoms with Gasteiger partial charge in [-0.05, 0) is 74.3 Å². The summed E-state index contributed by atoms with van der Waals surface area (Å²) in [5.74, 6) is 0.317. The Morgan fingerprint density at radius 3 is 2.41 bits per heavy atom. The lowest BCUT2D eigenvalue weighted by Crippen LogP contribution is -2.21. The average molecular weight is 403 g/mol. The van der Waals surface area contributed by atoms with Crippen LogP contribution in [0.4, 0.5) is 13.2 Å². The largest absolute Gasteiger partial charge is 0.494 e. The Morgan fingerprint density at radius 1 is 1.03 bits per heavy atom. The van der Waals surface area contributed by atoms with Gasteiger partial charge in [0.15, 0.2) is 5.78 Å². The molecule has 3 nitrogen and oxygen atoms in total. The van der Waals surface area contributed by atoms with E-state index in [9.17, 15) is 18.0 Å². The normalized spacial score (nSPS) is 15.1. The van der Waals surface area contributed by atoms with Crippen LogP contribution in [-0.4, -0.2) is 36.9 Å². The van der Waals surface area contributed by atoms with E-state index in [-0.39, 0.29) is 11.3 Å². The highest BCUT2D eigenvalue weighted by atomic mass is 19.4. The molecule has 2 aromatic rings. The Morgan fingerprint density at radius 2 is 1.72 bits per heavy atom. The molecule has 154 valence electrons. The number of ether oxygens (including phenoxy) is 1. The second-order valence-electron chi connectivity index (χ2n) is 7.06. The van der Waals surface area contributed by atoms with E-state index in [0.717, 1.165) is 38.2 Å². The summed E-state index contributed by atoms with van der Waals surface area (Å²) in [6.45, 7) is 3.97. The number of carbonyl (C=O) groups is 1. The molecule has 1 fully saturated rings. The maximum atomic E-state index is 13.0. The second-order valence-corrected chi connectivity index (χ2v) is 7.06. The molecule has 0 aliphatic carbocycles. The SMILES string of the molecule is O=C(C=Cc1ccccc1C(F)(F)F)c1ccc(OCCCN2CCCC2)cc1. The molecule has 0 aromatic heterocycles. The Balaban J connectivity index is 1.53. The van der Waals surface area contributed by atoms with Gasteiger partial charge in [0.05, 0.1) is 12.2 Å². The first-order valence-corrected chi connectivity index (χ1v) is 9.77. The molecule has 0 radical (unpaired) electrons. The van der Waals surface area contributed by atoms with E-state index in [0.29, 0.717) is 17.9 Å². The zero-order chi connectivity index (χ0) is 20.7. The molecule has 3 rings (SSSR count). The van der Waals surface area contributed by atoms with Crippen LogP contribution >= 0.6 is 0 Å². The van der Waals surface area contributed by atoms with Gasteiger partial charge in [-0.15, -0.1) is 0 Å². The fraction of sp³-hybridized carbons (Fsp3) is 0.348. The van der Waals surface area contributed by atoms with Crippen LogP contribution in [0.1, 0.15) is 40.7 Å². The first-order valence-electron chi connectivity index (χ1n) is 9.77. The minimum Gasteiger partial charge on any atom is -0.494 e. The fourth-order valence-electron chi connectivity index (χ4n) is 3.36. The fourth-order valence-corrected chi connectivity index (χ4v) is 3.36. The van der Waals surface area contributed by atoms with Crippen molar-refractivity contribution in [3.8, 4) is 5.75 Å². The quantitative estimate of drug-likeness (QED) is 0.333. The minimum atomic E-state index is -4.46. The number of ketones is 1. The van der Waals surface area contributed by atoms with Crippen molar-refractivity contribution in [2.75, 3.05) is 26.2 Å². The number of likely N-dealkylation sites (tertiary alicyclic amines) is 1. The molecule has 1 saturated heterocycles. The zero-order valence-corrected chi connectivity index (χ0v) is 16.1. The third-order valence-corrected chi connectivity index (χ3v) is 4.91. The molecule has 6 heteroatoms. The van der Waals surface area contributed by atoms with Gasteiger partial charge in [0.1, 0.15) is 5.75 Å². The number of nitrogens with zero attached hydrogens (tertiary/aromatic N) is 1. The molecule has 0 saturated carbocycles. The number of alkyl halides is 3. The molecule has 0 amide bonds. The topological polar surface area (TPSA) is 29.5 Å². The van der Waals surface area contributed by atoms with Gasteiger partial charge in [0.2, 0.25) is 0 Å². The average Bonchev–Trinajstić information content (AvgIpc) is 3.23. The van der Waals surface area contributed by atoms with Crippen molar-refractivity contribution in [2.24, 2.45) is 0 Å². The molecule has 0 N–H and O–H groups in total. The molecule has 0 bridgehead atoms. The van der Waals surface area contributed by atoms with Crippen molar-refractivity contribution in [1.82, 2.24) is 4.90 Å². The number of hydrogen-bond acceptors (Lipinski definition) is 3. The summed E-state index contributed by atoms with van der Waals surface area (Å²) in [5.41, 5.74) is -0.400. The Bertz CT molecular complexity index is 838. The van der Waals surface area contributed by atoms with Gasteiger partial charge in [-0.3, -0.25) is 4.79 Å². The molecular weight excluding hydrogens is 379 g/mol. The third kappa shape index (κ3) is 6.19. The summed E-state index contributed by atoms with van der Waals surface area (Å²) in [6, 6.07) is 11.8. The zero-order valence-electron chi connectivity index (χ0n) is 16.1. The maximum Gasteiger partial charge on any atom is 0.416 e. The van der Waals surface area contributed by atoms with Crippen molar-refractivity contribution in [1.29, 1.82) is 0 Å². The van der Waals surface area contributed by atoms with Crippen LogP contribution in [0.15, 0.2) is 54.6 Å². The van der Waals surface area contributed by atoms with Gasteiger partial charge in [0.25, 0.3) is 0 Å². The van der Waals surface area contributed by atoms with Crippen LogP contribution in [0.25, 0.3) is 6.08 Å². The van der Waals surface area contributed by atoms with E-state index in [4.69, 9.17) is 4.74 Å². The molecule has 2 aromatic carbocycles. The number of carbonyl (C=O) groups excluding carboxylic acids is 1. The molecule has 0 unspecified atom stereocenters. The summed E-state index contributed by atoms with van der Waals surface area (Å²) < 4.78 is 44.8. The first-order chi connectivity index (χ1) is 13.9. The van der Waals surface area contributed by atoms with Crippen molar-refractivity contribution in [3.05, 3.63) is 71.3 Å². The van der Waals surface area contributed by atoms with Gasteiger partial charge >= 0.3 is 6.18 Å². The summed E-state index contributed by atoms with van der Waals surface area (Å²) in [6.07, 6.45) is 1.39. The van der Waals surface area contributed by atoms with E-state index in [1.807, 2.05) is 0 Å². The molecule has 0 atom stereocenters. The molecule has 1 heterocycles. The number of rotatable bonds is 8. The summed E-state index contributed by atoms with van der Waals surface area (Å²) in [7, 11) is 0. The predicted octanol–water partition coefficient (Wildman–Crippen LogP) is 5.47. The van der Waals surface area contributed by atoms with Crippen LogP contribution in [-0.2, 0) is 6.18 Å². The van der Waals surface area contributed by atoms with Crippen molar-refractivity contribution < 1.29 is 22.7 Å². The molecule has 1 aliphatic heterocycles. The van der Waals surface area contributed by atoms with Crippen molar-refractivity contribution in [2.45, 2.75) is 25.4 Å². The highest BCUT2D eigenvalue weighted by Gasteiger charge is 2.32. The van der Waals surface area contributed by atoms with Crippen LogP contribution < -0.4 is 4.74 Å². The highest BCUT2D eigenvalue weighted by Crippen LogP contribution is 2.32. The standard InChI is InChI=1S/C23H24F3NO2/c24-23(25,26)21-7-2-1-6-18(21)10-13-22(28)19-8-11-20(12-9-19)29-17-5-16-27-14-3-4-15-27/h1-2,6-13H,3-5,14-17H2. The van der Waals surface area contributed by atoms with E-state index < -0.39 is 11.7 Å². The minimum absolute atomic E-state index is 0.0358. The van der Waals surface area contributed by atoms with Crippen molar-refractivity contribution >= 4 is 11.9 Å². The summed E-state index contributed by atoms with van der Waals surface area (Å²) in [4.78, 5) is 14.7. The van der Waals surface area contributed by atoms with Crippen LogP contribution in [0.5, 0.6) is 5.75 Å². The molecule has 1 aliphatic rings. The summed E-state index contributed by atoms with van der Waals surface area (Å²) >= 11 is 0. The van der Waals surface area contributed by atoms with E-state index in [2.05, 4.69) is 4.90 Å². The third-order valence-electron chi connectivity index (χ3n) is 4.91. The monoisotopic (exact) mass is 403 g/mol. The van der Waals surface area contributed by atoms with E-state index in [1.54, 1.807) is 24.3 Å². The molecule has 29 heavy (non-hydrogen) atoms. The van der Waals surface area contributed by atoms with Gasteiger partial charge in [-0.2, -0.15) is 13.2 Å². The smallest absolute Gasteiger partial charge is 0.416 e. The Hall–Kier alpha value is -2.60. The maximum absolute atomic E-state index is 13.0. The Kier molecular flexibility index (Phi) is 7.09. The number of benzene rings is 2. The second kappa shape index (κ2) is 9.74. The summed E-state index contributed by atoms with van der Waals surface area (Å²) in [5, 5.41) is 0. The first kappa shape index (κ1) is 21.1.